The predicted molar refractivity (Wildman–Crippen MR) is 56.6 cm³/mol. The fourth-order valence-corrected chi connectivity index (χ4v) is 1.09. The minimum atomic E-state index is 0.247. The Balaban J connectivity index is 2.31. The zero-order valence-electron chi connectivity index (χ0n) is 8.75. The normalized spacial score (nSPS) is 9.86. The van der Waals surface area contributed by atoms with Gasteiger partial charge in [0.2, 0.25) is 0 Å². The first-order valence-electron chi connectivity index (χ1n) is 4.93. The van der Waals surface area contributed by atoms with Gasteiger partial charge in [0.1, 0.15) is 11.5 Å². The number of ether oxygens (including phenoxy) is 1. The number of ketones is 1. The first kappa shape index (κ1) is 10.8. The SMILES string of the molecule is CCC(=O)CCOc1ccc(C)cc1. The Bertz CT molecular complexity index is 288. The van der Waals surface area contributed by atoms with Gasteiger partial charge in [-0.05, 0) is 19.1 Å². The van der Waals surface area contributed by atoms with Crippen LogP contribution in [0.3, 0.4) is 0 Å². The highest BCUT2D eigenvalue weighted by atomic mass is 16.5. The molecular weight excluding hydrogens is 176 g/mol. The number of benzene rings is 1. The van der Waals surface area contributed by atoms with Crippen LogP contribution in [0, 0.1) is 6.92 Å². The van der Waals surface area contributed by atoms with Gasteiger partial charge in [-0.1, -0.05) is 24.6 Å². The molecule has 0 aliphatic rings. The van der Waals surface area contributed by atoms with Crippen LogP contribution in [0.15, 0.2) is 24.3 Å². The fraction of sp³-hybridized carbons (Fsp3) is 0.417. The third-order valence-corrected chi connectivity index (χ3v) is 2.06. The van der Waals surface area contributed by atoms with Gasteiger partial charge < -0.3 is 4.74 Å². The second-order valence-corrected chi connectivity index (χ2v) is 3.30. The molecule has 1 aromatic carbocycles. The molecule has 0 bridgehead atoms. The van der Waals surface area contributed by atoms with Crippen molar-refractivity contribution in [1.29, 1.82) is 0 Å². The highest BCUT2D eigenvalue weighted by molar-refractivity contribution is 5.78. The van der Waals surface area contributed by atoms with Crippen LogP contribution in [0.2, 0.25) is 0 Å². The summed E-state index contributed by atoms with van der Waals surface area (Å²) in [5.74, 6) is 1.08. The Morgan fingerprint density at radius 1 is 1.29 bits per heavy atom. The second kappa shape index (κ2) is 5.43. The van der Waals surface area contributed by atoms with Gasteiger partial charge in [0.25, 0.3) is 0 Å². The van der Waals surface area contributed by atoms with Gasteiger partial charge in [0, 0.05) is 12.8 Å². The van der Waals surface area contributed by atoms with E-state index in [2.05, 4.69) is 0 Å². The molecule has 1 aromatic rings. The molecule has 0 fully saturated rings. The van der Waals surface area contributed by atoms with Crippen LogP contribution >= 0.6 is 0 Å². The molecule has 0 radical (unpaired) electrons. The Morgan fingerprint density at radius 3 is 2.50 bits per heavy atom. The number of hydrogen-bond acceptors (Lipinski definition) is 2. The van der Waals surface area contributed by atoms with Crippen molar-refractivity contribution < 1.29 is 9.53 Å². The van der Waals surface area contributed by atoms with Gasteiger partial charge in [-0.3, -0.25) is 4.79 Å². The van der Waals surface area contributed by atoms with Crippen LogP contribution in [0.4, 0.5) is 0 Å². The summed E-state index contributed by atoms with van der Waals surface area (Å²) in [7, 11) is 0. The van der Waals surface area contributed by atoms with Gasteiger partial charge in [0.15, 0.2) is 0 Å². The first-order valence-corrected chi connectivity index (χ1v) is 4.93. The second-order valence-electron chi connectivity index (χ2n) is 3.30. The van der Waals surface area contributed by atoms with Crippen LogP contribution in [0.5, 0.6) is 5.75 Å². The minimum absolute atomic E-state index is 0.247. The van der Waals surface area contributed by atoms with Crippen molar-refractivity contribution >= 4 is 5.78 Å². The highest BCUT2D eigenvalue weighted by Crippen LogP contribution is 2.11. The number of carbonyl (C=O) groups is 1. The number of aryl methyl sites for hydroxylation is 1. The molecule has 1 rings (SSSR count). The number of Topliss-reactive ketones (excluding diaryl/α,β-unsaturated/α-hetero) is 1. The largest absolute Gasteiger partial charge is 0.493 e. The standard InChI is InChI=1S/C12H16O2/c1-3-11(13)8-9-14-12-6-4-10(2)5-7-12/h4-7H,3,8-9H2,1-2H3. The Labute approximate surface area is 84.9 Å². The summed E-state index contributed by atoms with van der Waals surface area (Å²) in [5.41, 5.74) is 1.21. The van der Waals surface area contributed by atoms with Crippen molar-refractivity contribution in [3.05, 3.63) is 29.8 Å². The van der Waals surface area contributed by atoms with Crippen molar-refractivity contribution in [2.75, 3.05) is 6.61 Å². The molecule has 2 nitrogen and oxygen atoms in total. The molecule has 0 saturated carbocycles. The summed E-state index contributed by atoms with van der Waals surface area (Å²) in [6.45, 7) is 4.38. The average Bonchev–Trinajstić information content (AvgIpc) is 2.21. The maximum Gasteiger partial charge on any atom is 0.136 e. The van der Waals surface area contributed by atoms with E-state index in [1.807, 2.05) is 38.1 Å². The smallest absolute Gasteiger partial charge is 0.136 e. The molecule has 0 aliphatic carbocycles. The third kappa shape index (κ3) is 3.60. The van der Waals surface area contributed by atoms with Crippen LogP contribution < -0.4 is 4.74 Å². The van der Waals surface area contributed by atoms with Crippen LogP contribution in [-0.2, 0) is 4.79 Å². The minimum Gasteiger partial charge on any atom is -0.493 e. The van der Waals surface area contributed by atoms with Gasteiger partial charge in [-0.25, -0.2) is 0 Å². The molecular formula is C12H16O2. The lowest BCUT2D eigenvalue weighted by atomic mass is 10.2. The molecule has 14 heavy (non-hydrogen) atoms. The van der Waals surface area contributed by atoms with Gasteiger partial charge >= 0.3 is 0 Å². The summed E-state index contributed by atoms with van der Waals surface area (Å²) >= 11 is 0. The molecule has 0 atom stereocenters. The van der Waals surface area contributed by atoms with Gasteiger partial charge in [-0.15, -0.1) is 0 Å². The van der Waals surface area contributed by atoms with Crippen LogP contribution in [0.1, 0.15) is 25.3 Å². The van der Waals surface area contributed by atoms with Crippen molar-refractivity contribution in [3.8, 4) is 5.75 Å². The Kier molecular flexibility index (Phi) is 4.17. The van der Waals surface area contributed by atoms with Crippen molar-refractivity contribution in [2.24, 2.45) is 0 Å². The summed E-state index contributed by atoms with van der Waals surface area (Å²) in [4.78, 5) is 11.0. The van der Waals surface area contributed by atoms with Crippen molar-refractivity contribution in [2.45, 2.75) is 26.7 Å². The van der Waals surface area contributed by atoms with Crippen LogP contribution in [0.25, 0.3) is 0 Å². The van der Waals surface area contributed by atoms with Gasteiger partial charge in [-0.2, -0.15) is 0 Å². The van der Waals surface area contributed by atoms with Gasteiger partial charge in [0.05, 0.1) is 6.61 Å². The lowest BCUT2D eigenvalue weighted by molar-refractivity contribution is -0.119. The molecule has 0 saturated heterocycles. The van der Waals surface area contributed by atoms with E-state index in [1.54, 1.807) is 0 Å². The van der Waals surface area contributed by atoms with E-state index in [4.69, 9.17) is 4.74 Å². The fourth-order valence-electron chi connectivity index (χ4n) is 1.09. The number of hydrogen-bond donors (Lipinski definition) is 0. The molecule has 2 heteroatoms. The monoisotopic (exact) mass is 192 g/mol. The van der Waals surface area contributed by atoms with E-state index >= 15 is 0 Å². The summed E-state index contributed by atoms with van der Waals surface area (Å²) in [6.07, 6.45) is 1.10. The molecule has 0 spiro atoms. The van der Waals surface area contributed by atoms with E-state index < -0.39 is 0 Å². The molecule has 0 heterocycles. The first-order chi connectivity index (χ1) is 6.72. The van der Waals surface area contributed by atoms with E-state index in [-0.39, 0.29) is 5.78 Å². The molecule has 76 valence electrons. The Morgan fingerprint density at radius 2 is 1.93 bits per heavy atom. The van der Waals surface area contributed by atoms with Crippen LogP contribution in [-0.4, -0.2) is 12.4 Å². The van der Waals surface area contributed by atoms with E-state index in [0.29, 0.717) is 19.4 Å². The molecule has 0 aliphatic heterocycles. The zero-order valence-corrected chi connectivity index (χ0v) is 8.75. The van der Waals surface area contributed by atoms with Crippen molar-refractivity contribution in [1.82, 2.24) is 0 Å². The number of carbonyl (C=O) groups excluding carboxylic acids is 1. The number of rotatable bonds is 5. The highest BCUT2D eigenvalue weighted by Gasteiger charge is 1.98. The summed E-state index contributed by atoms with van der Waals surface area (Å²) in [6, 6.07) is 7.84. The van der Waals surface area contributed by atoms with E-state index in [9.17, 15) is 4.79 Å². The maximum absolute atomic E-state index is 11.0. The van der Waals surface area contributed by atoms with E-state index in [0.717, 1.165) is 5.75 Å². The molecule has 0 aromatic heterocycles. The Hall–Kier alpha value is -1.31. The summed E-state index contributed by atoms with van der Waals surface area (Å²) in [5, 5.41) is 0. The topological polar surface area (TPSA) is 26.3 Å². The zero-order chi connectivity index (χ0) is 10.4. The third-order valence-electron chi connectivity index (χ3n) is 2.06. The maximum atomic E-state index is 11.0. The molecule has 0 N–H and O–H groups in total. The quantitative estimate of drug-likeness (QED) is 0.717. The van der Waals surface area contributed by atoms with Crippen molar-refractivity contribution in [3.63, 3.8) is 0 Å². The predicted octanol–water partition coefficient (Wildman–Crippen LogP) is 2.74. The molecule has 0 amide bonds. The molecule has 0 unspecified atom stereocenters. The average molecular weight is 192 g/mol. The van der Waals surface area contributed by atoms with E-state index in [1.165, 1.54) is 5.56 Å². The summed E-state index contributed by atoms with van der Waals surface area (Å²) < 4.78 is 5.41. The lowest BCUT2D eigenvalue weighted by Crippen LogP contribution is -2.04. The lowest BCUT2D eigenvalue weighted by Gasteiger charge is -2.04.